The highest BCUT2D eigenvalue weighted by atomic mass is 16.7. The van der Waals surface area contributed by atoms with E-state index in [1.807, 2.05) is 19.9 Å². The molecule has 3 aromatic rings. The molecule has 1 fully saturated rings. The van der Waals surface area contributed by atoms with Gasteiger partial charge in [-0.15, -0.1) is 0 Å². The molecule has 1 amide bonds. The van der Waals surface area contributed by atoms with Crippen LogP contribution in [0.1, 0.15) is 49.2 Å². The minimum absolute atomic E-state index is 0.0182. The lowest BCUT2D eigenvalue weighted by molar-refractivity contribution is -0.306. The third-order valence-corrected chi connectivity index (χ3v) is 7.08. The second-order valence-electron chi connectivity index (χ2n) is 10.8. The number of fused-ring (bicyclic) bond motifs is 1. The lowest BCUT2D eigenvalue weighted by Gasteiger charge is -2.46. The van der Waals surface area contributed by atoms with E-state index < -0.39 is 53.2 Å². The van der Waals surface area contributed by atoms with Crippen molar-refractivity contribution in [3.8, 4) is 17.2 Å². The van der Waals surface area contributed by atoms with Gasteiger partial charge in [0.1, 0.15) is 41.1 Å². The molecule has 1 aliphatic heterocycles. The number of aliphatic hydroxyl groups excluding tert-OH is 2. The molecular formula is C30H34NO10-. The number of aromatic hydroxyl groups is 1. The first-order valence-electron chi connectivity index (χ1n) is 13.0. The second-order valence-corrected chi connectivity index (χ2v) is 10.8. The number of phenolic OH excluding ortho intramolecular Hbond substituents is 1. The number of methoxy groups -OCH3 is 1. The van der Waals surface area contributed by atoms with Crippen molar-refractivity contribution in [3.05, 3.63) is 69.1 Å². The summed E-state index contributed by atoms with van der Waals surface area (Å²) in [4.78, 5) is 25.8. The van der Waals surface area contributed by atoms with E-state index in [1.165, 1.54) is 37.4 Å². The molecule has 1 saturated heterocycles. The van der Waals surface area contributed by atoms with Crippen LogP contribution in [0.2, 0.25) is 0 Å². The summed E-state index contributed by atoms with van der Waals surface area (Å²) in [6, 6.07) is 7.05. The van der Waals surface area contributed by atoms with Crippen LogP contribution in [0.15, 0.2) is 51.2 Å². The van der Waals surface area contributed by atoms with E-state index in [2.05, 4.69) is 5.32 Å². The summed E-state index contributed by atoms with van der Waals surface area (Å²) in [5.74, 6) is -1.31. The van der Waals surface area contributed by atoms with Gasteiger partial charge in [-0.3, -0.25) is 4.79 Å². The summed E-state index contributed by atoms with van der Waals surface area (Å²) in [7, 11) is 1.40. The normalized spacial score (nSPS) is 21.9. The van der Waals surface area contributed by atoms with Crippen LogP contribution in [-0.2, 0) is 15.9 Å². The maximum atomic E-state index is 13.2. The molecule has 4 rings (SSSR count). The number of aryl methyl sites for hydroxylation is 1. The molecule has 11 nitrogen and oxygen atoms in total. The summed E-state index contributed by atoms with van der Waals surface area (Å²) >= 11 is 0. The first-order valence-corrected chi connectivity index (χ1v) is 13.0. The molecule has 0 radical (unpaired) electrons. The fourth-order valence-electron chi connectivity index (χ4n) is 4.81. The number of benzene rings is 2. The van der Waals surface area contributed by atoms with E-state index in [-0.39, 0.29) is 33.6 Å². The number of ether oxygens (including phenoxy) is 3. The van der Waals surface area contributed by atoms with Gasteiger partial charge in [0.25, 0.3) is 5.91 Å². The van der Waals surface area contributed by atoms with Crippen molar-refractivity contribution in [2.75, 3.05) is 12.4 Å². The molecule has 4 N–H and O–H groups in total. The number of hydrogen-bond donors (Lipinski definition) is 4. The number of carbonyl (C=O) groups is 1. The van der Waals surface area contributed by atoms with Crippen LogP contribution < -0.4 is 20.8 Å². The fourth-order valence-corrected chi connectivity index (χ4v) is 4.81. The molecule has 1 aliphatic rings. The molecule has 2 aromatic carbocycles. The van der Waals surface area contributed by atoms with Crippen LogP contribution in [0.3, 0.4) is 0 Å². The molecule has 2 heterocycles. The zero-order chi connectivity index (χ0) is 30.2. The van der Waals surface area contributed by atoms with Crippen LogP contribution in [-0.4, -0.2) is 58.5 Å². The fraction of sp³-hybridized carbons (Fsp3) is 0.400. The van der Waals surface area contributed by atoms with Crippen LogP contribution in [0.25, 0.3) is 11.0 Å². The Morgan fingerprint density at radius 2 is 1.88 bits per heavy atom. The van der Waals surface area contributed by atoms with Crippen molar-refractivity contribution in [1.82, 2.24) is 0 Å². The van der Waals surface area contributed by atoms with Crippen molar-refractivity contribution in [3.63, 3.8) is 0 Å². The minimum atomic E-state index is -1.45. The summed E-state index contributed by atoms with van der Waals surface area (Å²) < 4.78 is 22.4. The maximum Gasteiger partial charge on any atom is 0.359 e. The van der Waals surface area contributed by atoms with E-state index in [4.69, 9.17) is 18.6 Å². The maximum absolute atomic E-state index is 13.2. The van der Waals surface area contributed by atoms with Gasteiger partial charge in [0, 0.05) is 23.6 Å². The van der Waals surface area contributed by atoms with Crippen molar-refractivity contribution in [2.45, 2.75) is 71.2 Å². The van der Waals surface area contributed by atoms with E-state index in [0.29, 0.717) is 12.0 Å². The number of aliphatic hydroxyl groups is 2. The Labute approximate surface area is 236 Å². The molecule has 0 spiro atoms. The Morgan fingerprint density at radius 3 is 2.54 bits per heavy atom. The lowest BCUT2D eigenvalue weighted by atomic mass is 9.89. The van der Waals surface area contributed by atoms with E-state index >= 15 is 0 Å². The predicted octanol–water partition coefficient (Wildman–Crippen LogP) is 2.89. The Bertz CT molecular complexity index is 1550. The van der Waals surface area contributed by atoms with Crippen LogP contribution >= 0.6 is 0 Å². The average molecular weight is 569 g/mol. The highest BCUT2D eigenvalue weighted by molar-refractivity contribution is 6.06. The summed E-state index contributed by atoms with van der Waals surface area (Å²) in [5, 5.41) is 46.8. The number of phenols is 1. The Morgan fingerprint density at radius 1 is 1.17 bits per heavy atom. The Balaban J connectivity index is 1.62. The van der Waals surface area contributed by atoms with Crippen molar-refractivity contribution >= 4 is 22.6 Å². The number of rotatable bonds is 7. The number of allylic oxidation sites excluding steroid dienone is 2. The van der Waals surface area contributed by atoms with Crippen molar-refractivity contribution in [1.29, 1.82) is 0 Å². The molecular weight excluding hydrogens is 534 g/mol. The molecule has 11 heteroatoms. The summed E-state index contributed by atoms with van der Waals surface area (Å²) in [6.45, 7) is 8.74. The number of anilines is 1. The highest BCUT2D eigenvalue weighted by Crippen LogP contribution is 2.37. The van der Waals surface area contributed by atoms with Crippen molar-refractivity contribution in [2.24, 2.45) is 0 Å². The number of carbonyl (C=O) groups excluding carboxylic acids is 1. The number of amides is 1. The highest BCUT2D eigenvalue weighted by Gasteiger charge is 2.50. The van der Waals surface area contributed by atoms with Crippen molar-refractivity contribution < 1.29 is 43.8 Å². The number of hydrogen-bond acceptors (Lipinski definition) is 10. The van der Waals surface area contributed by atoms with E-state index in [9.17, 15) is 30.0 Å². The van der Waals surface area contributed by atoms with Gasteiger partial charge >= 0.3 is 5.63 Å². The average Bonchev–Trinajstić information content (AvgIpc) is 2.90. The van der Waals surface area contributed by atoms with Crippen LogP contribution in [0, 0.1) is 6.92 Å². The molecule has 0 unspecified atom stereocenters. The van der Waals surface area contributed by atoms with Gasteiger partial charge in [-0.25, -0.2) is 4.79 Å². The van der Waals surface area contributed by atoms with Gasteiger partial charge in [-0.05, 0) is 76.9 Å². The molecule has 0 bridgehead atoms. The Kier molecular flexibility index (Phi) is 8.46. The van der Waals surface area contributed by atoms with Gasteiger partial charge in [0.05, 0.1) is 5.60 Å². The van der Waals surface area contributed by atoms with E-state index in [1.54, 1.807) is 20.8 Å². The van der Waals surface area contributed by atoms with Crippen LogP contribution in [0.4, 0.5) is 5.69 Å². The third-order valence-electron chi connectivity index (χ3n) is 7.08. The lowest BCUT2D eigenvalue weighted by Crippen LogP contribution is -2.63. The molecule has 4 atom stereocenters. The predicted molar refractivity (Wildman–Crippen MR) is 148 cm³/mol. The van der Waals surface area contributed by atoms with Crippen LogP contribution in [0.5, 0.6) is 17.2 Å². The largest absolute Gasteiger partial charge is 0.870 e. The van der Waals surface area contributed by atoms with Gasteiger partial charge < -0.3 is 44.4 Å². The Hall–Kier alpha value is -3.90. The monoisotopic (exact) mass is 568 g/mol. The van der Waals surface area contributed by atoms with Gasteiger partial charge in [-0.2, -0.15) is 0 Å². The van der Waals surface area contributed by atoms with E-state index in [0.717, 1.165) is 5.57 Å². The zero-order valence-electron chi connectivity index (χ0n) is 23.7. The molecule has 0 saturated carbocycles. The molecule has 1 aromatic heterocycles. The smallest absolute Gasteiger partial charge is 0.359 e. The molecule has 220 valence electrons. The van der Waals surface area contributed by atoms with Gasteiger partial charge in [0.15, 0.2) is 0 Å². The number of nitrogens with one attached hydrogen (secondary N) is 1. The standard InChI is InChI=1S/C30H35NO10/c1-14(2)7-8-16-13-17(9-11-19(16)32)27(36)31-21-22(33)18-10-12-20(15(3)25(18)40-28(21)37)39-29-24(35)23(34)26(38-6)30(4,5)41-29/h7,9-13,23-24,26,29,32-35H,8H2,1-6H3,(H,31,36)/p-1/t23-,24+,26+,29+/m0/s1. The van der Waals surface area contributed by atoms with Gasteiger partial charge in [0.2, 0.25) is 6.29 Å². The molecule has 41 heavy (non-hydrogen) atoms. The topological polar surface area (TPSA) is 171 Å². The minimum Gasteiger partial charge on any atom is -0.870 e. The summed E-state index contributed by atoms with van der Waals surface area (Å²) in [5.41, 5.74) is -0.728. The first-order chi connectivity index (χ1) is 19.2. The second kappa shape index (κ2) is 11.5. The SMILES string of the molecule is CO[C@@H]1[C@@H](O)[C@@H](O)[C@H](Oc2ccc3c([O-])c(NC(=O)c4ccc(O)c(CC=C(C)C)c4)c(=O)oc3c2C)OC1(C)C. The first kappa shape index (κ1) is 30.1. The zero-order valence-corrected chi connectivity index (χ0v) is 23.7. The van der Waals surface area contributed by atoms with Gasteiger partial charge in [-0.1, -0.05) is 17.4 Å². The third kappa shape index (κ3) is 5.94. The quantitative estimate of drug-likeness (QED) is 0.245. The summed E-state index contributed by atoms with van der Waals surface area (Å²) in [6.07, 6.45) is -2.56. The molecule has 0 aliphatic carbocycles.